The third-order valence-corrected chi connectivity index (χ3v) is 1.93. The van der Waals surface area contributed by atoms with Crippen molar-refractivity contribution in [1.82, 2.24) is 0 Å². The predicted molar refractivity (Wildman–Crippen MR) is 50.0 cm³/mol. The Kier molecular flexibility index (Phi) is 2.33. The van der Waals surface area contributed by atoms with Crippen molar-refractivity contribution >= 4 is 0 Å². The summed E-state index contributed by atoms with van der Waals surface area (Å²) in [5.74, 6) is 0.738. The number of aliphatic hydroxyl groups is 1. The molecule has 0 spiro atoms. The van der Waals surface area contributed by atoms with Crippen molar-refractivity contribution in [1.29, 1.82) is 0 Å². The number of halogens is 1. The average Bonchev–Trinajstić information content (AvgIpc) is 2.66. The van der Waals surface area contributed by atoms with Gasteiger partial charge in [-0.05, 0) is 24.3 Å². The zero-order valence-electron chi connectivity index (χ0n) is 7.40. The zero-order valence-corrected chi connectivity index (χ0v) is 7.40. The maximum atomic E-state index is 12.9. The number of rotatable bonds is 2. The summed E-state index contributed by atoms with van der Waals surface area (Å²) < 4.78 is 18.1. The summed E-state index contributed by atoms with van der Waals surface area (Å²) in [6, 6.07) is 9.51. The van der Waals surface area contributed by atoms with Crippen molar-refractivity contribution in [2.75, 3.05) is 0 Å². The van der Waals surface area contributed by atoms with Gasteiger partial charge in [-0.2, -0.15) is 0 Å². The van der Waals surface area contributed by atoms with Crippen molar-refractivity contribution in [2.45, 2.75) is 6.61 Å². The van der Waals surface area contributed by atoms with E-state index in [-0.39, 0.29) is 12.4 Å². The van der Waals surface area contributed by atoms with Crippen LogP contribution in [0.25, 0.3) is 11.3 Å². The minimum atomic E-state index is -0.301. The second kappa shape index (κ2) is 3.64. The smallest absolute Gasteiger partial charge is 0.134 e. The van der Waals surface area contributed by atoms with Crippen molar-refractivity contribution in [3.63, 3.8) is 0 Å². The average molecular weight is 192 g/mol. The number of hydrogen-bond donors (Lipinski definition) is 1. The molecule has 2 aromatic rings. The van der Waals surface area contributed by atoms with Crippen molar-refractivity contribution < 1.29 is 13.9 Å². The van der Waals surface area contributed by atoms with E-state index >= 15 is 0 Å². The van der Waals surface area contributed by atoms with E-state index in [0.717, 1.165) is 0 Å². The van der Waals surface area contributed by atoms with Crippen LogP contribution in [0.2, 0.25) is 0 Å². The molecule has 3 heteroatoms. The summed E-state index contributed by atoms with van der Waals surface area (Å²) in [7, 11) is 0. The monoisotopic (exact) mass is 192 g/mol. The van der Waals surface area contributed by atoms with Crippen LogP contribution >= 0.6 is 0 Å². The van der Waals surface area contributed by atoms with Crippen LogP contribution in [0.15, 0.2) is 40.8 Å². The fourth-order valence-electron chi connectivity index (χ4n) is 1.26. The fraction of sp³-hybridized carbons (Fsp3) is 0.0909. The maximum absolute atomic E-state index is 12.9. The quantitative estimate of drug-likeness (QED) is 0.793. The molecule has 1 aromatic heterocycles. The van der Waals surface area contributed by atoms with Gasteiger partial charge in [0, 0.05) is 5.56 Å². The first kappa shape index (κ1) is 8.97. The Morgan fingerprint density at radius 1 is 1.21 bits per heavy atom. The van der Waals surface area contributed by atoms with Crippen molar-refractivity contribution in [3.8, 4) is 11.3 Å². The van der Waals surface area contributed by atoms with Crippen LogP contribution in [0.3, 0.4) is 0 Å². The lowest BCUT2D eigenvalue weighted by atomic mass is 10.2. The molecule has 0 aliphatic heterocycles. The second-order valence-corrected chi connectivity index (χ2v) is 2.93. The summed E-state index contributed by atoms with van der Waals surface area (Å²) in [4.78, 5) is 0. The van der Waals surface area contributed by atoms with E-state index in [1.807, 2.05) is 0 Å². The highest BCUT2D eigenvalue weighted by Gasteiger charge is 2.04. The maximum Gasteiger partial charge on any atom is 0.134 e. The molecule has 0 bridgehead atoms. The Hall–Kier alpha value is -1.61. The Morgan fingerprint density at radius 2 is 2.07 bits per heavy atom. The zero-order chi connectivity index (χ0) is 9.97. The van der Waals surface area contributed by atoms with Gasteiger partial charge in [0.05, 0.1) is 0 Å². The van der Waals surface area contributed by atoms with E-state index < -0.39 is 0 Å². The molecule has 72 valence electrons. The summed E-state index contributed by atoms with van der Waals surface area (Å²) in [5, 5.41) is 8.78. The van der Waals surface area contributed by atoms with Gasteiger partial charge in [-0.25, -0.2) is 4.39 Å². The first-order valence-electron chi connectivity index (χ1n) is 4.25. The van der Waals surface area contributed by atoms with E-state index in [1.54, 1.807) is 24.3 Å². The Morgan fingerprint density at radius 3 is 2.71 bits per heavy atom. The minimum absolute atomic E-state index is 0.144. The predicted octanol–water partition coefficient (Wildman–Crippen LogP) is 2.58. The Balaban J connectivity index is 2.39. The van der Waals surface area contributed by atoms with Gasteiger partial charge in [0.25, 0.3) is 0 Å². The van der Waals surface area contributed by atoms with E-state index in [2.05, 4.69) is 0 Å². The van der Waals surface area contributed by atoms with Gasteiger partial charge in [0.15, 0.2) is 0 Å². The molecule has 14 heavy (non-hydrogen) atoms. The van der Waals surface area contributed by atoms with Gasteiger partial charge in [-0.1, -0.05) is 12.1 Å². The van der Waals surface area contributed by atoms with Crippen LogP contribution in [0.1, 0.15) is 5.76 Å². The lowest BCUT2D eigenvalue weighted by molar-refractivity contribution is 0.248. The third-order valence-electron chi connectivity index (χ3n) is 1.93. The molecule has 0 amide bonds. The van der Waals surface area contributed by atoms with Crippen LogP contribution in [0.4, 0.5) is 4.39 Å². The second-order valence-electron chi connectivity index (χ2n) is 2.93. The van der Waals surface area contributed by atoms with E-state index in [0.29, 0.717) is 17.1 Å². The third kappa shape index (κ3) is 1.67. The molecule has 0 saturated heterocycles. The minimum Gasteiger partial charge on any atom is -0.459 e. The topological polar surface area (TPSA) is 33.4 Å². The van der Waals surface area contributed by atoms with Gasteiger partial charge in [0.1, 0.15) is 23.9 Å². The first-order valence-corrected chi connectivity index (χ1v) is 4.25. The molecular weight excluding hydrogens is 183 g/mol. The van der Waals surface area contributed by atoms with Crippen molar-refractivity contribution in [3.05, 3.63) is 48.0 Å². The molecule has 0 radical (unpaired) electrons. The largest absolute Gasteiger partial charge is 0.459 e. The number of furan rings is 1. The molecule has 1 aromatic carbocycles. The molecule has 1 heterocycles. The van der Waals surface area contributed by atoms with E-state index in [4.69, 9.17) is 9.52 Å². The molecule has 0 saturated carbocycles. The molecular formula is C11H9FO2. The van der Waals surface area contributed by atoms with Crippen LogP contribution in [0, 0.1) is 5.82 Å². The van der Waals surface area contributed by atoms with Gasteiger partial charge >= 0.3 is 0 Å². The fourth-order valence-corrected chi connectivity index (χ4v) is 1.26. The van der Waals surface area contributed by atoms with Gasteiger partial charge in [-0.3, -0.25) is 0 Å². The Bertz CT molecular complexity index is 434. The van der Waals surface area contributed by atoms with E-state index in [1.165, 1.54) is 12.1 Å². The van der Waals surface area contributed by atoms with Crippen molar-refractivity contribution in [2.24, 2.45) is 0 Å². The van der Waals surface area contributed by atoms with Crippen LogP contribution in [-0.4, -0.2) is 5.11 Å². The highest BCUT2D eigenvalue weighted by molar-refractivity contribution is 5.57. The lowest BCUT2D eigenvalue weighted by Gasteiger charge is -1.96. The molecule has 0 aliphatic carbocycles. The molecule has 0 aliphatic rings. The number of hydrogen-bond acceptors (Lipinski definition) is 2. The normalized spacial score (nSPS) is 10.4. The Labute approximate surface area is 80.6 Å². The SMILES string of the molecule is OCc1ccc(-c2cccc(F)c2)o1. The summed E-state index contributed by atoms with van der Waals surface area (Å²) in [6.07, 6.45) is 0. The first-order chi connectivity index (χ1) is 6.79. The lowest BCUT2D eigenvalue weighted by Crippen LogP contribution is -1.77. The van der Waals surface area contributed by atoms with E-state index in [9.17, 15) is 4.39 Å². The van der Waals surface area contributed by atoms with Crippen LogP contribution < -0.4 is 0 Å². The molecule has 0 unspecified atom stereocenters. The molecule has 0 atom stereocenters. The summed E-state index contributed by atoms with van der Waals surface area (Å²) in [6.45, 7) is -0.144. The summed E-state index contributed by atoms with van der Waals surface area (Å²) >= 11 is 0. The molecule has 1 N–H and O–H groups in total. The van der Waals surface area contributed by atoms with Crippen LogP contribution in [-0.2, 0) is 6.61 Å². The van der Waals surface area contributed by atoms with Gasteiger partial charge in [0.2, 0.25) is 0 Å². The summed E-state index contributed by atoms with van der Waals surface area (Å²) in [5.41, 5.74) is 0.671. The molecule has 0 fully saturated rings. The number of benzene rings is 1. The highest BCUT2D eigenvalue weighted by Crippen LogP contribution is 2.22. The highest BCUT2D eigenvalue weighted by atomic mass is 19.1. The standard InChI is InChI=1S/C11H9FO2/c12-9-3-1-2-8(6-9)11-5-4-10(7-13)14-11/h1-6,13H,7H2. The van der Waals surface area contributed by atoms with Crippen LogP contribution in [0.5, 0.6) is 0 Å². The molecule has 2 rings (SSSR count). The van der Waals surface area contributed by atoms with Gasteiger partial charge in [-0.15, -0.1) is 0 Å². The molecule has 2 nitrogen and oxygen atoms in total. The number of aliphatic hydroxyl groups excluding tert-OH is 1. The van der Waals surface area contributed by atoms with Gasteiger partial charge < -0.3 is 9.52 Å².